The molecule has 0 radical (unpaired) electrons. The van der Waals surface area contributed by atoms with Crippen molar-refractivity contribution in [3.63, 3.8) is 0 Å². The second kappa shape index (κ2) is 9.18. The minimum atomic E-state index is -0.641. The summed E-state index contributed by atoms with van der Waals surface area (Å²) in [5.74, 6) is 0.521. The number of carbonyl (C=O) groups excluding carboxylic acids is 1. The number of likely N-dealkylation sites (tertiary alicyclic amines) is 1. The van der Waals surface area contributed by atoms with E-state index in [1.807, 2.05) is 24.7 Å². The van der Waals surface area contributed by atoms with Crippen molar-refractivity contribution in [3.05, 3.63) is 53.9 Å². The number of aryl methyl sites for hydroxylation is 1. The van der Waals surface area contributed by atoms with Crippen molar-refractivity contribution in [2.24, 2.45) is 17.6 Å². The van der Waals surface area contributed by atoms with E-state index in [-0.39, 0.29) is 17.9 Å². The Labute approximate surface area is 181 Å². The molecule has 0 N–H and O–H groups in total. The maximum Gasteiger partial charge on any atom is 0.313 e. The average molecular weight is 429 g/mol. The highest BCUT2D eigenvalue weighted by Gasteiger charge is 2.46. The number of piperidine rings is 1. The topological polar surface area (TPSA) is 69.0 Å². The Morgan fingerprint density at radius 1 is 1.35 bits per heavy atom. The monoisotopic (exact) mass is 428 g/mol. The number of benzene rings is 1. The average Bonchev–Trinajstić information content (AvgIpc) is 3.38. The maximum atomic E-state index is 13.2. The lowest BCUT2D eigenvalue weighted by Gasteiger charge is -2.41. The van der Waals surface area contributed by atoms with Gasteiger partial charge < -0.3 is 14.1 Å². The first kappa shape index (κ1) is 21.5. The van der Waals surface area contributed by atoms with Crippen LogP contribution in [0.2, 0.25) is 0 Å². The number of halogens is 1. The number of ether oxygens (including phenoxy) is 1. The molecular weight excluding hydrogens is 399 g/mol. The van der Waals surface area contributed by atoms with Crippen LogP contribution in [0.25, 0.3) is 0 Å². The van der Waals surface area contributed by atoms with E-state index in [0.717, 1.165) is 36.5 Å². The maximum absolute atomic E-state index is 13.2. The highest BCUT2D eigenvalue weighted by atomic mass is 19.1. The summed E-state index contributed by atoms with van der Waals surface area (Å²) in [4.78, 5) is 25.5. The first-order chi connectivity index (χ1) is 15.0. The molecule has 2 aliphatic heterocycles. The lowest BCUT2D eigenvalue weighted by molar-refractivity contribution is -0.162. The van der Waals surface area contributed by atoms with E-state index >= 15 is 0 Å². The molecule has 8 heteroatoms. The van der Waals surface area contributed by atoms with E-state index < -0.39 is 5.41 Å². The molecule has 2 aliphatic rings. The molecule has 0 unspecified atom stereocenters. The predicted octanol–water partition coefficient (Wildman–Crippen LogP) is 3.29. The van der Waals surface area contributed by atoms with Gasteiger partial charge in [0.15, 0.2) is 0 Å². The van der Waals surface area contributed by atoms with Crippen molar-refractivity contribution in [3.8, 4) is 0 Å². The van der Waals surface area contributed by atoms with Crippen LogP contribution < -0.4 is 0 Å². The van der Waals surface area contributed by atoms with E-state index in [9.17, 15) is 9.18 Å². The SMILES string of the molecule is CCOC(=O)[C@@]1(C[C@@H]2CC(c3ccc(F)cc3)=NO2)CCCN(Cc2nccn2C)C1. The van der Waals surface area contributed by atoms with Gasteiger partial charge in [-0.15, -0.1) is 0 Å². The molecule has 1 aromatic carbocycles. The van der Waals surface area contributed by atoms with Crippen molar-refractivity contribution in [2.45, 2.75) is 45.3 Å². The van der Waals surface area contributed by atoms with E-state index in [0.29, 0.717) is 32.5 Å². The van der Waals surface area contributed by atoms with Crippen LogP contribution in [0.3, 0.4) is 0 Å². The lowest BCUT2D eigenvalue weighted by Crippen LogP contribution is -2.50. The van der Waals surface area contributed by atoms with Gasteiger partial charge in [-0.3, -0.25) is 9.69 Å². The molecule has 0 amide bonds. The van der Waals surface area contributed by atoms with Gasteiger partial charge in [-0.25, -0.2) is 9.37 Å². The molecule has 0 spiro atoms. The van der Waals surface area contributed by atoms with Gasteiger partial charge in [0.1, 0.15) is 17.7 Å². The van der Waals surface area contributed by atoms with Gasteiger partial charge in [-0.1, -0.05) is 17.3 Å². The quantitative estimate of drug-likeness (QED) is 0.633. The van der Waals surface area contributed by atoms with Crippen LogP contribution in [0.4, 0.5) is 4.39 Å². The molecule has 166 valence electrons. The minimum absolute atomic E-state index is 0.168. The fraction of sp³-hybridized carbons (Fsp3) is 0.522. The normalized spacial score (nSPS) is 24.0. The van der Waals surface area contributed by atoms with Gasteiger partial charge in [0.2, 0.25) is 0 Å². The second-order valence-corrected chi connectivity index (χ2v) is 8.45. The first-order valence-electron chi connectivity index (χ1n) is 10.8. The van der Waals surface area contributed by atoms with Crippen molar-refractivity contribution in [1.29, 1.82) is 0 Å². The lowest BCUT2D eigenvalue weighted by atomic mass is 9.74. The highest BCUT2D eigenvalue weighted by Crippen LogP contribution is 2.39. The van der Waals surface area contributed by atoms with Crippen molar-refractivity contribution in [2.75, 3.05) is 19.7 Å². The molecule has 4 rings (SSSR count). The number of hydrogen-bond donors (Lipinski definition) is 0. The van der Waals surface area contributed by atoms with Crippen LogP contribution in [0.15, 0.2) is 41.8 Å². The van der Waals surface area contributed by atoms with Crippen molar-refractivity contribution >= 4 is 11.7 Å². The van der Waals surface area contributed by atoms with Crippen LogP contribution in [0, 0.1) is 11.2 Å². The molecule has 2 aromatic rings. The Morgan fingerprint density at radius 2 is 2.16 bits per heavy atom. The van der Waals surface area contributed by atoms with E-state index in [1.54, 1.807) is 18.3 Å². The summed E-state index contributed by atoms with van der Waals surface area (Å²) < 4.78 is 20.7. The minimum Gasteiger partial charge on any atom is -0.466 e. The second-order valence-electron chi connectivity index (χ2n) is 8.45. The van der Waals surface area contributed by atoms with E-state index in [1.165, 1.54) is 12.1 Å². The summed E-state index contributed by atoms with van der Waals surface area (Å²) in [5, 5.41) is 4.23. The summed E-state index contributed by atoms with van der Waals surface area (Å²) in [5.41, 5.74) is 0.983. The zero-order valence-corrected chi connectivity index (χ0v) is 18.1. The summed E-state index contributed by atoms with van der Waals surface area (Å²) in [6, 6.07) is 6.25. The number of carbonyl (C=O) groups is 1. The van der Waals surface area contributed by atoms with Crippen LogP contribution in [-0.2, 0) is 28.0 Å². The molecule has 1 saturated heterocycles. The van der Waals surface area contributed by atoms with Gasteiger partial charge in [0.25, 0.3) is 0 Å². The van der Waals surface area contributed by atoms with Crippen LogP contribution in [0.5, 0.6) is 0 Å². The predicted molar refractivity (Wildman–Crippen MR) is 114 cm³/mol. The third kappa shape index (κ3) is 4.79. The Hall–Kier alpha value is -2.74. The summed E-state index contributed by atoms with van der Waals surface area (Å²) in [6.45, 7) is 4.39. The molecule has 2 atom stereocenters. The van der Waals surface area contributed by atoms with Gasteiger partial charge in [-0.05, 0) is 44.0 Å². The molecule has 3 heterocycles. The molecule has 0 bridgehead atoms. The fourth-order valence-electron chi connectivity index (χ4n) is 4.60. The van der Waals surface area contributed by atoms with Crippen LogP contribution in [0.1, 0.15) is 44.0 Å². The Morgan fingerprint density at radius 3 is 2.87 bits per heavy atom. The van der Waals surface area contributed by atoms with Crippen LogP contribution >= 0.6 is 0 Å². The third-order valence-electron chi connectivity index (χ3n) is 6.18. The zero-order chi connectivity index (χ0) is 21.8. The van der Waals surface area contributed by atoms with Crippen LogP contribution in [-0.4, -0.2) is 51.9 Å². The largest absolute Gasteiger partial charge is 0.466 e. The third-order valence-corrected chi connectivity index (χ3v) is 6.18. The molecule has 1 aromatic heterocycles. The fourth-order valence-corrected chi connectivity index (χ4v) is 4.60. The summed E-state index contributed by atoms with van der Waals surface area (Å²) >= 11 is 0. The molecule has 0 aliphatic carbocycles. The standard InChI is InChI=1S/C23H29FN4O3/c1-3-30-22(29)23(9-4-11-28(16-23)15-21-25-10-12-27(21)2)14-19-13-20(26-31-19)17-5-7-18(24)8-6-17/h5-8,10,12,19H,3-4,9,11,13-16H2,1-2H3/t19-,23+/m0/s1. The van der Waals surface area contributed by atoms with E-state index in [4.69, 9.17) is 9.57 Å². The van der Waals surface area contributed by atoms with Crippen molar-refractivity contribution < 1.29 is 18.8 Å². The Balaban J connectivity index is 1.47. The van der Waals surface area contributed by atoms with Gasteiger partial charge in [-0.2, -0.15) is 0 Å². The van der Waals surface area contributed by atoms with Gasteiger partial charge in [0.05, 0.1) is 24.3 Å². The van der Waals surface area contributed by atoms with Crippen molar-refractivity contribution in [1.82, 2.24) is 14.5 Å². The zero-order valence-electron chi connectivity index (χ0n) is 18.1. The molecule has 1 fully saturated rings. The first-order valence-corrected chi connectivity index (χ1v) is 10.8. The summed E-state index contributed by atoms with van der Waals surface area (Å²) in [6.07, 6.45) is 6.30. The van der Waals surface area contributed by atoms with Gasteiger partial charge >= 0.3 is 5.97 Å². The number of aromatic nitrogens is 2. The Kier molecular flexibility index (Phi) is 6.36. The summed E-state index contributed by atoms with van der Waals surface area (Å²) in [7, 11) is 1.98. The van der Waals surface area contributed by atoms with E-state index in [2.05, 4.69) is 15.0 Å². The highest BCUT2D eigenvalue weighted by molar-refractivity contribution is 6.01. The smallest absolute Gasteiger partial charge is 0.313 e. The number of nitrogens with zero attached hydrogens (tertiary/aromatic N) is 4. The number of oxime groups is 1. The number of hydrogen-bond acceptors (Lipinski definition) is 6. The molecular formula is C23H29FN4O3. The number of rotatable bonds is 7. The Bertz CT molecular complexity index is 943. The molecule has 0 saturated carbocycles. The van der Waals surface area contributed by atoms with Gasteiger partial charge in [0, 0.05) is 38.8 Å². The molecule has 7 nitrogen and oxygen atoms in total. The molecule has 31 heavy (non-hydrogen) atoms. The number of imidazole rings is 1. The number of esters is 1.